The van der Waals surface area contributed by atoms with Crippen LogP contribution in [-0.2, 0) is 31.4 Å². The molecule has 3 aliphatic rings. The molecule has 2 aliphatic heterocycles. The van der Waals surface area contributed by atoms with Gasteiger partial charge in [-0.3, -0.25) is 24.4 Å². The molecule has 0 bridgehead atoms. The monoisotopic (exact) mass is 747 g/mol. The van der Waals surface area contributed by atoms with Crippen LogP contribution in [0.25, 0.3) is 22.5 Å². The van der Waals surface area contributed by atoms with Crippen LogP contribution in [0.2, 0.25) is 10.0 Å². The third-order valence-corrected chi connectivity index (χ3v) is 11.5. The second kappa shape index (κ2) is 15.5. The molecule has 3 aromatic heterocycles. The topological polar surface area (TPSA) is 146 Å². The molecule has 3 N–H and O–H groups in total. The minimum absolute atomic E-state index is 0.221. The molecule has 0 unspecified atom stereocenters. The molecular formula is C38H43Cl2N7O5. The Balaban J connectivity index is 1.06. The van der Waals surface area contributed by atoms with E-state index in [2.05, 4.69) is 20.1 Å². The number of imidazole rings is 1. The van der Waals surface area contributed by atoms with Gasteiger partial charge < -0.3 is 24.8 Å². The molecule has 1 aliphatic carbocycles. The first-order valence-electron chi connectivity index (χ1n) is 17.8. The molecule has 14 heteroatoms. The Labute approximate surface area is 312 Å². The van der Waals surface area contributed by atoms with Crippen LogP contribution < -0.4 is 10.1 Å². The lowest BCUT2D eigenvalue weighted by atomic mass is 9.81. The summed E-state index contributed by atoms with van der Waals surface area (Å²) in [6.07, 6.45) is 6.18. The lowest BCUT2D eigenvalue weighted by Gasteiger charge is -2.33. The van der Waals surface area contributed by atoms with Gasteiger partial charge in [0.1, 0.15) is 0 Å². The average Bonchev–Trinajstić information content (AvgIpc) is 3.71. The summed E-state index contributed by atoms with van der Waals surface area (Å²) in [5.41, 5.74) is 5.51. The van der Waals surface area contributed by atoms with Gasteiger partial charge in [-0.2, -0.15) is 0 Å². The molecule has 7 rings (SSSR count). The number of pyridine rings is 2. The van der Waals surface area contributed by atoms with E-state index in [0.29, 0.717) is 75.5 Å². The van der Waals surface area contributed by atoms with Gasteiger partial charge in [0.05, 0.1) is 51.9 Å². The maximum atomic E-state index is 13.7. The van der Waals surface area contributed by atoms with Crippen molar-refractivity contribution in [3.05, 3.63) is 75.4 Å². The predicted octanol–water partition coefficient (Wildman–Crippen LogP) is 5.93. The summed E-state index contributed by atoms with van der Waals surface area (Å²) in [7, 11) is 3.45. The summed E-state index contributed by atoms with van der Waals surface area (Å²) in [6.45, 7) is 4.47. The van der Waals surface area contributed by atoms with Crippen LogP contribution in [0.1, 0.15) is 59.7 Å². The number of amides is 1. The molecule has 5 heterocycles. The van der Waals surface area contributed by atoms with E-state index in [4.69, 9.17) is 37.9 Å². The summed E-state index contributed by atoms with van der Waals surface area (Å²) in [6, 6.07) is 11.0. The molecule has 1 saturated heterocycles. The van der Waals surface area contributed by atoms with Crippen molar-refractivity contribution in [2.24, 2.45) is 18.9 Å². The van der Waals surface area contributed by atoms with E-state index in [1.54, 1.807) is 37.6 Å². The van der Waals surface area contributed by atoms with Gasteiger partial charge in [0.2, 0.25) is 5.88 Å². The zero-order chi connectivity index (χ0) is 36.5. The maximum absolute atomic E-state index is 13.7. The fourth-order valence-electron chi connectivity index (χ4n) is 7.83. The Morgan fingerprint density at radius 1 is 0.981 bits per heavy atom. The number of anilines is 1. The molecule has 1 atom stereocenters. The van der Waals surface area contributed by atoms with Crippen LogP contribution in [0.5, 0.6) is 5.88 Å². The van der Waals surface area contributed by atoms with E-state index in [-0.39, 0.29) is 17.9 Å². The van der Waals surface area contributed by atoms with Crippen molar-refractivity contribution in [1.29, 1.82) is 0 Å². The number of hydrogen-bond donors (Lipinski definition) is 3. The third kappa shape index (κ3) is 7.53. The third-order valence-electron chi connectivity index (χ3n) is 10.7. The first kappa shape index (κ1) is 36.3. The number of carbonyl (C=O) groups is 2. The molecule has 52 heavy (non-hydrogen) atoms. The zero-order valence-electron chi connectivity index (χ0n) is 29.3. The minimum Gasteiger partial charge on any atom is -0.481 e. The van der Waals surface area contributed by atoms with Crippen molar-refractivity contribution in [2.45, 2.75) is 57.7 Å². The largest absolute Gasteiger partial charge is 0.481 e. The van der Waals surface area contributed by atoms with Crippen molar-refractivity contribution >= 4 is 40.8 Å². The quantitative estimate of drug-likeness (QED) is 0.179. The predicted molar refractivity (Wildman–Crippen MR) is 199 cm³/mol. The number of rotatable bonds is 10. The number of β-amino-alcohol motifs (C(OH)–C–C–N with tert-alkyl or cyclic N) is 1. The molecule has 274 valence electrons. The summed E-state index contributed by atoms with van der Waals surface area (Å²) in [5.74, 6) is -0.0146. The fourth-order valence-corrected chi connectivity index (χ4v) is 8.40. The van der Waals surface area contributed by atoms with Gasteiger partial charge in [-0.1, -0.05) is 41.4 Å². The van der Waals surface area contributed by atoms with Gasteiger partial charge in [-0.25, -0.2) is 9.97 Å². The lowest BCUT2D eigenvalue weighted by Crippen LogP contribution is -2.36. The number of ether oxygens (including phenoxy) is 1. The van der Waals surface area contributed by atoms with E-state index in [9.17, 15) is 19.8 Å². The first-order valence-corrected chi connectivity index (χ1v) is 18.5. The molecule has 1 saturated carbocycles. The average molecular weight is 749 g/mol. The van der Waals surface area contributed by atoms with Crippen molar-refractivity contribution in [2.75, 3.05) is 38.6 Å². The molecule has 12 nitrogen and oxygen atoms in total. The number of aliphatic hydroxyl groups is 1. The van der Waals surface area contributed by atoms with Gasteiger partial charge >= 0.3 is 5.97 Å². The number of hydrogen-bond acceptors (Lipinski definition) is 9. The first-order chi connectivity index (χ1) is 25.1. The van der Waals surface area contributed by atoms with Crippen LogP contribution in [0, 0.1) is 11.8 Å². The number of carbonyl (C=O) groups excluding carboxylic acids is 1. The summed E-state index contributed by atoms with van der Waals surface area (Å²) >= 11 is 13.9. The van der Waals surface area contributed by atoms with Crippen molar-refractivity contribution in [3.8, 4) is 28.4 Å². The molecular weight excluding hydrogens is 705 g/mol. The van der Waals surface area contributed by atoms with Crippen LogP contribution in [-0.4, -0.2) is 90.8 Å². The zero-order valence-corrected chi connectivity index (χ0v) is 30.8. The number of carboxylic acids is 1. The second-order valence-corrected chi connectivity index (χ2v) is 14.9. The summed E-state index contributed by atoms with van der Waals surface area (Å²) < 4.78 is 7.50. The van der Waals surface area contributed by atoms with E-state index in [1.807, 2.05) is 23.7 Å². The molecule has 4 aromatic rings. The Kier molecular flexibility index (Phi) is 10.8. The second-order valence-electron chi connectivity index (χ2n) is 14.1. The summed E-state index contributed by atoms with van der Waals surface area (Å²) in [5, 5.41) is 22.9. The number of likely N-dealkylation sites (tertiary alicyclic amines) is 1. The highest BCUT2D eigenvalue weighted by atomic mass is 35.5. The number of nitrogens with one attached hydrogen (secondary N) is 1. The highest BCUT2D eigenvalue weighted by molar-refractivity contribution is 6.39. The number of aromatic nitrogens is 4. The number of methoxy groups -OCH3 is 1. The van der Waals surface area contributed by atoms with Gasteiger partial charge in [0.25, 0.3) is 5.91 Å². The fraction of sp³-hybridized carbons (Fsp3) is 0.447. The molecule has 2 fully saturated rings. The highest BCUT2D eigenvalue weighted by Gasteiger charge is 2.31. The maximum Gasteiger partial charge on any atom is 0.306 e. The molecule has 1 amide bonds. The van der Waals surface area contributed by atoms with Crippen LogP contribution in [0.4, 0.5) is 5.69 Å². The van der Waals surface area contributed by atoms with Crippen molar-refractivity contribution in [1.82, 2.24) is 29.3 Å². The smallest absolute Gasteiger partial charge is 0.306 e. The minimum atomic E-state index is -0.684. The standard InChI is InChI=1S/C38H43Cl2N7O5/c1-45-31-14-17-46(18-22-6-8-23(9-7-22)38(50)51)21-30(31)42-35(45)36(49)43-29-5-3-4-27(32(29)39)34-33(40)26(12-15-41-34)28-11-10-24(37(44-28)52-2)19-47-16-13-25(48)20-47/h3-5,10-12,15,22-23,25,48H,6-9,13-14,16-21H2,1-2H3,(H,43,49)(H,50,51)/t22-,23+,25-/m0/s1. The Bertz CT molecular complexity index is 1980. The van der Waals surface area contributed by atoms with E-state index in [0.717, 1.165) is 75.1 Å². The number of fused-ring (bicyclic) bond motifs is 1. The molecule has 0 spiro atoms. The normalized spacial score (nSPS) is 20.8. The number of benzene rings is 1. The number of nitrogens with zero attached hydrogens (tertiary/aromatic N) is 6. The number of carboxylic acid groups (broad SMARTS) is 1. The Morgan fingerprint density at radius 2 is 1.79 bits per heavy atom. The summed E-state index contributed by atoms with van der Waals surface area (Å²) in [4.78, 5) is 43.7. The number of aliphatic carboxylic acids is 1. The van der Waals surface area contributed by atoms with Gasteiger partial charge in [0.15, 0.2) is 5.82 Å². The van der Waals surface area contributed by atoms with Crippen LogP contribution in [0.3, 0.4) is 0 Å². The lowest BCUT2D eigenvalue weighted by molar-refractivity contribution is -0.143. The van der Waals surface area contributed by atoms with Crippen LogP contribution in [0.15, 0.2) is 42.6 Å². The van der Waals surface area contributed by atoms with Crippen LogP contribution >= 0.6 is 23.2 Å². The molecule has 0 radical (unpaired) electrons. The van der Waals surface area contributed by atoms with E-state index >= 15 is 0 Å². The van der Waals surface area contributed by atoms with Crippen molar-refractivity contribution in [3.63, 3.8) is 0 Å². The van der Waals surface area contributed by atoms with Gasteiger partial charge in [-0.05, 0) is 56.2 Å². The molecule has 1 aromatic carbocycles. The number of halogens is 2. The van der Waals surface area contributed by atoms with E-state index < -0.39 is 5.97 Å². The van der Waals surface area contributed by atoms with E-state index in [1.165, 1.54) is 0 Å². The van der Waals surface area contributed by atoms with Gasteiger partial charge in [0, 0.05) is 81.3 Å². The van der Waals surface area contributed by atoms with Crippen molar-refractivity contribution < 1.29 is 24.5 Å². The Hall–Kier alpha value is -4.07. The highest BCUT2D eigenvalue weighted by Crippen LogP contribution is 2.40. The van der Waals surface area contributed by atoms with Gasteiger partial charge in [-0.15, -0.1) is 0 Å². The Morgan fingerprint density at radius 3 is 2.52 bits per heavy atom. The SMILES string of the molecule is COc1nc(-c2ccnc(-c3cccc(NC(=O)c4nc5c(n4C)CCN(C[C@H]4CC[C@@H](C(=O)O)CC4)C5)c3Cl)c2Cl)ccc1CN1CC[C@H](O)C1. The number of aliphatic hydroxyl groups excluding tert-OH is 1.